The highest BCUT2D eigenvalue weighted by molar-refractivity contribution is 7.87. The fraction of sp³-hybridized carbons (Fsp3) is 0.211. The molecule has 0 saturated carbocycles. The minimum Gasteiger partial charge on any atom is -0.494 e. The van der Waals surface area contributed by atoms with E-state index in [2.05, 4.69) is 4.98 Å². The summed E-state index contributed by atoms with van der Waals surface area (Å²) in [6.45, 7) is 4.35. The Morgan fingerprint density at radius 3 is 2.46 bits per heavy atom. The molecule has 1 heterocycles. The van der Waals surface area contributed by atoms with Gasteiger partial charge in [0.1, 0.15) is 17.0 Å². The molecule has 26 heavy (non-hydrogen) atoms. The first-order valence-corrected chi connectivity index (χ1v) is 9.64. The molecule has 2 aromatic carbocycles. The van der Waals surface area contributed by atoms with Gasteiger partial charge in [-0.1, -0.05) is 18.2 Å². The van der Waals surface area contributed by atoms with Crippen molar-refractivity contribution in [2.24, 2.45) is 0 Å². The lowest BCUT2D eigenvalue weighted by molar-refractivity contribution is 0.321. The summed E-state index contributed by atoms with van der Waals surface area (Å²) in [7, 11) is -4.14. The molecule has 3 aromatic rings. The summed E-state index contributed by atoms with van der Waals surface area (Å²) in [4.78, 5) is 4.13. The second-order valence-electron chi connectivity index (χ2n) is 5.34. The largest absolute Gasteiger partial charge is 0.494 e. The van der Waals surface area contributed by atoms with Crippen molar-refractivity contribution < 1.29 is 22.1 Å². The predicted octanol–water partition coefficient (Wildman–Crippen LogP) is 3.80. The molecule has 0 fully saturated rings. The van der Waals surface area contributed by atoms with Crippen LogP contribution in [0.25, 0.3) is 10.9 Å². The average Bonchev–Trinajstić information content (AvgIpc) is 2.63. The Kier molecular flexibility index (Phi) is 5.27. The predicted molar refractivity (Wildman–Crippen MR) is 98.3 cm³/mol. The number of aromatic nitrogens is 1. The maximum Gasteiger partial charge on any atom is 0.343 e. The number of benzene rings is 2. The van der Waals surface area contributed by atoms with Crippen LogP contribution in [0, 0.1) is 0 Å². The van der Waals surface area contributed by atoms with Gasteiger partial charge in [0.25, 0.3) is 0 Å². The summed E-state index contributed by atoms with van der Waals surface area (Å²) in [5, 5.41) is 0.785. The van der Waals surface area contributed by atoms with E-state index in [1.54, 1.807) is 43.5 Å². The normalized spacial score (nSPS) is 11.3. The van der Waals surface area contributed by atoms with E-state index in [0.717, 1.165) is 5.39 Å². The van der Waals surface area contributed by atoms with Crippen LogP contribution >= 0.6 is 0 Å². The third-order valence-electron chi connectivity index (χ3n) is 3.59. The standard InChI is InChI=1S/C19H19NO5S/c1-3-23-15-10-11-16(24-4-2)18(13-15)26(21,22)25-17-9-5-7-14-8-6-12-20-19(14)17/h5-13H,3-4H2,1-2H3. The smallest absolute Gasteiger partial charge is 0.343 e. The van der Waals surface area contributed by atoms with Crippen LogP contribution in [0.2, 0.25) is 0 Å². The molecule has 0 aliphatic heterocycles. The van der Waals surface area contributed by atoms with Gasteiger partial charge in [0.05, 0.1) is 13.2 Å². The van der Waals surface area contributed by atoms with Gasteiger partial charge in [-0.05, 0) is 38.1 Å². The third kappa shape index (κ3) is 3.72. The van der Waals surface area contributed by atoms with Gasteiger partial charge in [0.15, 0.2) is 10.6 Å². The van der Waals surface area contributed by atoms with Gasteiger partial charge >= 0.3 is 10.1 Å². The quantitative estimate of drug-likeness (QED) is 0.587. The molecule has 0 aliphatic carbocycles. The number of para-hydroxylation sites is 1. The number of nitrogens with zero attached hydrogens (tertiary/aromatic N) is 1. The molecule has 1 aromatic heterocycles. The van der Waals surface area contributed by atoms with Crippen molar-refractivity contribution >= 4 is 21.0 Å². The Labute approximate surface area is 152 Å². The Morgan fingerprint density at radius 2 is 1.69 bits per heavy atom. The Balaban J connectivity index is 2.05. The highest BCUT2D eigenvalue weighted by Crippen LogP contribution is 2.32. The van der Waals surface area contributed by atoms with E-state index >= 15 is 0 Å². The van der Waals surface area contributed by atoms with Crippen molar-refractivity contribution in [3.8, 4) is 17.2 Å². The van der Waals surface area contributed by atoms with E-state index in [1.165, 1.54) is 6.07 Å². The maximum absolute atomic E-state index is 12.9. The first kappa shape index (κ1) is 18.0. The summed E-state index contributed by atoms with van der Waals surface area (Å²) in [5.74, 6) is 0.797. The number of rotatable bonds is 7. The van der Waals surface area contributed by atoms with Crippen molar-refractivity contribution in [1.29, 1.82) is 0 Å². The van der Waals surface area contributed by atoms with Gasteiger partial charge in [-0.3, -0.25) is 4.98 Å². The monoisotopic (exact) mass is 373 g/mol. The summed E-state index contributed by atoms with van der Waals surface area (Å²) in [6.07, 6.45) is 1.59. The molecule has 0 amide bonds. The average molecular weight is 373 g/mol. The molecule has 3 rings (SSSR count). The fourth-order valence-corrected chi connectivity index (χ4v) is 3.62. The Hall–Kier alpha value is -2.80. The highest BCUT2D eigenvalue weighted by Gasteiger charge is 2.24. The van der Waals surface area contributed by atoms with Crippen LogP contribution in [-0.2, 0) is 10.1 Å². The third-order valence-corrected chi connectivity index (χ3v) is 4.85. The number of fused-ring (bicyclic) bond motifs is 1. The molecule has 0 aliphatic rings. The fourth-order valence-electron chi connectivity index (χ4n) is 2.52. The van der Waals surface area contributed by atoms with E-state index < -0.39 is 10.1 Å². The number of pyridine rings is 1. The SMILES string of the molecule is CCOc1ccc(OCC)c(S(=O)(=O)Oc2cccc3cccnc23)c1. The van der Waals surface area contributed by atoms with Crippen LogP contribution in [0.5, 0.6) is 17.2 Å². The van der Waals surface area contributed by atoms with Crippen LogP contribution in [-0.4, -0.2) is 26.6 Å². The van der Waals surface area contributed by atoms with E-state index in [4.69, 9.17) is 13.7 Å². The molecule has 0 saturated heterocycles. The zero-order chi connectivity index (χ0) is 18.6. The molecule has 0 spiro atoms. The number of hydrogen-bond acceptors (Lipinski definition) is 6. The molecule has 0 bridgehead atoms. The van der Waals surface area contributed by atoms with Crippen molar-refractivity contribution in [1.82, 2.24) is 4.98 Å². The van der Waals surface area contributed by atoms with Crippen molar-refractivity contribution in [2.75, 3.05) is 13.2 Å². The first-order chi connectivity index (χ1) is 12.5. The number of ether oxygens (including phenoxy) is 2. The van der Waals surface area contributed by atoms with Gasteiger partial charge in [-0.2, -0.15) is 8.42 Å². The van der Waals surface area contributed by atoms with Crippen LogP contribution in [0.3, 0.4) is 0 Å². The van der Waals surface area contributed by atoms with E-state index in [1.807, 2.05) is 19.1 Å². The zero-order valence-corrected chi connectivity index (χ0v) is 15.3. The van der Waals surface area contributed by atoms with Gasteiger partial charge in [0.2, 0.25) is 0 Å². The Morgan fingerprint density at radius 1 is 0.923 bits per heavy atom. The number of hydrogen-bond donors (Lipinski definition) is 0. The summed E-state index contributed by atoms with van der Waals surface area (Å²) >= 11 is 0. The van der Waals surface area contributed by atoms with E-state index in [-0.39, 0.29) is 16.4 Å². The molecular formula is C19H19NO5S. The van der Waals surface area contributed by atoms with Crippen LogP contribution < -0.4 is 13.7 Å². The lowest BCUT2D eigenvalue weighted by Crippen LogP contribution is -2.12. The van der Waals surface area contributed by atoms with E-state index in [0.29, 0.717) is 24.5 Å². The molecule has 136 valence electrons. The maximum atomic E-state index is 12.9. The van der Waals surface area contributed by atoms with Crippen molar-refractivity contribution in [3.63, 3.8) is 0 Å². The van der Waals surface area contributed by atoms with Crippen LogP contribution in [0.1, 0.15) is 13.8 Å². The lowest BCUT2D eigenvalue weighted by Gasteiger charge is -2.14. The van der Waals surface area contributed by atoms with Crippen LogP contribution in [0.15, 0.2) is 59.6 Å². The molecule has 0 atom stereocenters. The summed E-state index contributed by atoms with van der Waals surface area (Å²) < 4.78 is 42.1. The summed E-state index contributed by atoms with van der Waals surface area (Å²) in [5.41, 5.74) is 0.470. The molecule has 6 nitrogen and oxygen atoms in total. The highest BCUT2D eigenvalue weighted by atomic mass is 32.2. The van der Waals surface area contributed by atoms with E-state index in [9.17, 15) is 8.42 Å². The minimum absolute atomic E-state index is 0.0850. The second kappa shape index (κ2) is 7.61. The van der Waals surface area contributed by atoms with Gasteiger partial charge in [-0.25, -0.2) is 0 Å². The topological polar surface area (TPSA) is 74.7 Å². The Bertz CT molecular complexity index is 1010. The first-order valence-electron chi connectivity index (χ1n) is 8.23. The molecular weight excluding hydrogens is 354 g/mol. The lowest BCUT2D eigenvalue weighted by atomic mass is 10.2. The molecule has 0 unspecified atom stereocenters. The van der Waals surface area contributed by atoms with Gasteiger partial charge in [-0.15, -0.1) is 0 Å². The van der Waals surface area contributed by atoms with Crippen molar-refractivity contribution in [2.45, 2.75) is 18.7 Å². The zero-order valence-electron chi connectivity index (χ0n) is 14.5. The second-order valence-corrected chi connectivity index (χ2v) is 6.86. The van der Waals surface area contributed by atoms with Crippen molar-refractivity contribution in [3.05, 3.63) is 54.7 Å². The molecule has 7 heteroatoms. The molecule has 0 radical (unpaired) electrons. The van der Waals surface area contributed by atoms with Gasteiger partial charge < -0.3 is 13.7 Å². The summed E-state index contributed by atoms with van der Waals surface area (Å²) in [6, 6.07) is 13.4. The van der Waals surface area contributed by atoms with Gasteiger partial charge in [0, 0.05) is 17.6 Å². The molecule has 0 N–H and O–H groups in total. The minimum atomic E-state index is -4.14. The van der Waals surface area contributed by atoms with Crippen LogP contribution in [0.4, 0.5) is 0 Å².